The molecule has 2 atom stereocenters. The van der Waals surface area contributed by atoms with Gasteiger partial charge in [-0.15, -0.1) is 0 Å². The lowest BCUT2D eigenvalue weighted by molar-refractivity contribution is -0.144. The largest absolute Gasteiger partial charge is 0.480 e. The number of para-hydroxylation sites is 1. The third-order valence-electron chi connectivity index (χ3n) is 2.74. The maximum atomic E-state index is 12.0. The number of hydrogen-bond donors (Lipinski definition) is 2. The van der Waals surface area contributed by atoms with E-state index in [2.05, 4.69) is 21.2 Å². The van der Waals surface area contributed by atoms with Crippen LogP contribution in [0, 0.1) is 5.92 Å². The number of nitrogens with one attached hydrogen (secondary N) is 1. The summed E-state index contributed by atoms with van der Waals surface area (Å²) < 4.78 is 6.25. The summed E-state index contributed by atoms with van der Waals surface area (Å²) in [7, 11) is 0. The maximum absolute atomic E-state index is 12.0. The van der Waals surface area contributed by atoms with Gasteiger partial charge in [-0.25, -0.2) is 4.79 Å². The lowest BCUT2D eigenvalue weighted by Gasteiger charge is -2.21. The first-order valence-electron chi connectivity index (χ1n) is 6.27. The fourth-order valence-corrected chi connectivity index (χ4v) is 1.95. The first-order chi connectivity index (χ1) is 9.32. The van der Waals surface area contributed by atoms with E-state index in [0.29, 0.717) is 5.75 Å². The summed E-state index contributed by atoms with van der Waals surface area (Å²) in [6.07, 6.45) is -0.783. The van der Waals surface area contributed by atoms with E-state index in [0.717, 1.165) is 4.47 Å². The van der Waals surface area contributed by atoms with E-state index in [-0.39, 0.29) is 5.92 Å². The molecule has 20 heavy (non-hydrogen) atoms. The Kier molecular flexibility index (Phi) is 6.01. The normalized spacial score (nSPS) is 13.7. The molecule has 6 heteroatoms. The molecule has 1 amide bonds. The number of benzene rings is 1. The number of rotatable bonds is 6. The Morgan fingerprint density at radius 1 is 1.25 bits per heavy atom. The molecule has 0 saturated carbocycles. The zero-order chi connectivity index (χ0) is 15.3. The molecule has 0 spiro atoms. The average molecular weight is 344 g/mol. The number of hydrogen-bond acceptors (Lipinski definition) is 3. The van der Waals surface area contributed by atoms with Gasteiger partial charge in [0.25, 0.3) is 5.91 Å². The van der Waals surface area contributed by atoms with Crippen LogP contribution in [-0.2, 0) is 9.59 Å². The first-order valence-corrected chi connectivity index (χ1v) is 7.06. The number of carbonyl (C=O) groups is 2. The number of aliphatic carboxylic acids is 1. The van der Waals surface area contributed by atoms with E-state index in [1.807, 2.05) is 6.07 Å². The number of carboxylic acid groups (broad SMARTS) is 1. The van der Waals surface area contributed by atoms with Crippen LogP contribution in [0.2, 0.25) is 0 Å². The summed E-state index contributed by atoms with van der Waals surface area (Å²) in [6, 6.07) is 6.23. The van der Waals surface area contributed by atoms with Crippen molar-refractivity contribution in [1.82, 2.24) is 5.32 Å². The molecule has 1 rings (SSSR count). The lowest BCUT2D eigenvalue weighted by atomic mass is 10.0. The number of carbonyl (C=O) groups excluding carboxylic acids is 1. The SMILES string of the molecule is CC(Oc1ccccc1Br)C(=O)N[C@@H](C(=O)O)C(C)C. The Bertz CT molecular complexity index is 490. The molecule has 5 nitrogen and oxygen atoms in total. The van der Waals surface area contributed by atoms with E-state index in [9.17, 15) is 9.59 Å². The summed E-state index contributed by atoms with van der Waals surface area (Å²) in [5.41, 5.74) is 0. The number of amides is 1. The third-order valence-corrected chi connectivity index (χ3v) is 3.40. The van der Waals surface area contributed by atoms with Crippen molar-refractivity contribution in [1.29, 1.82) is 0 Å². The van der Waals surface area contributed by atoms with Crippen LogP contribution >= 0.6 is 15.9 Å². The van der Waals surface area contributed by atoms with Gasteiger partial charge in [0, 0.05) is 0 Å². The van der Waals surface area contributed by atoms with Crippen LogP contribution in [0.3, 0.4) is 0 Å². The van der Waals surface area contributed by atoms with Gasteiger partial charge < -0.3 is 15.2 Å². The summed E-state index contributed by atoms with van der Waals surface area (Å²) in [4.78, 5) is 23.0. The van der Waals surface area contributed by atoms with Gasteiger partial charge in [-0.2, -0.15) is 0 Å². The second-order valence-corrected chi connectivity index (χ2v) is 5.61. The zero-order valence-electron chi connectivity index (χ0n) is 11.6. The fraction of sp³-hybridized carbons (Fsp3) is 0.429. The smallest absolute Gasteiger partial charge is 0.326 e. The first kappa shape index (κ1) is 16.5. The van der Waals surface area contributed by atoms with Crippen molar-refractivity contribution >= 4 is 27.8 Å². The molecular formula is C14H18BrNO4. The standard InChI is InChI=1S/C14H18BrNO4/c1-8(2)12(14(18)19)16-13(17)9(3)20-11-7-5-4-6-10(11)15/h4-9,12H,1-3H3,(H,16,17)(H,18,19)/t9?,12-/m1/s1. The Labute approximate surface area is 126 Å². The fourth-order valence-electron chi connectivity index (χ4n) is 1.57. The Morgan fingerprint density at radius 2 is 1.85 bits per heavy atom. The highest BCUT2D eigenvalue weighted by atomic mass is 79.9. The molecule has 0 saturated heterocycles. The van der Waals surface area contributed by atoms with Gasteiger partial charge in [-0.05, 0) is 40.9 Å². The molecule has 0 radical (unpaired) electrons. The van der Waals surface area contributed by atoms with Crippen LogP contribution in [0.4, 0.5) is 0 Å². The Balaban J connectivity index is 2.68. The second-order valence-electron chi connectivity index (χ2n) is 4.76. The van der Waals surface area contributed by atoms with Crippen LogP contribution < -0.4 is 10.1 Å². The Morgan fingerprint density at radius 3 is 2.35 bits per heavy atom. The highest BCUT2D eigenvalue weighted by Crippen LogP contribution is 2.24. The zero-order valence-corrected chi connectivity index (χ0v) is 13.2. The van der Waals surface area contributed by atoms with Crippen molar-refractivity contribution in [3.05, 3.63) is 28.7 Å². The molecule has 0 fully saturated rings. The van der Waals surface area contributed by atoms with Gasteiger partial charge in [0.05, 0.1) is 4.47 Å². The monoisotopic (exact) mass is 343 g/mol. The molecule has 0 heterocycles. The predicted molar refractivity (Wildman–Crippen MR) is 78.6 cm³/mol. The quantitative estimate of drug-likeness (QED) is 0.831. The summed E-state index contributed by atoms with van der Waals surface area (Å²) in [5, 5.41) is 11.5. The summed E-state index contributed by atoms with van der Waals surface area (Å²) >= 11 is 3.32. The van der Waals surface area contributed by atoms with Crippen molar-refractivity contribution in [3.8, 4) is 5.75 Å². The maximum Gasteiger partial charge on any atom is 0.326 e. The van der Waals surface area contributed by atoms with Crippen molar-refractivity contribution < 1.29 is 19.4 Å². The molecular weight excluding hydrogens is 326 g/mol. The molecule has 0 aliphatic heterocycles. The Hall–Kier alpha value is -1.56. The average Bonchev–Trinajstić information content (AvgIpc) is 2.37. The molecule has 2 N–H and O–H groups in total. The lowest BCUT2D eigenvalue weighted by Crippen LogP contribution is -2.48. The third kappa shape index (κ3) is 4.52. The van der Waals surface area contributed by atoms with Crippen LogP contribution in [0.5, 0.6) is 5.75 Å². The van der Waals surface area contributed by atoms with Gasteiger partial charge in [0.2, 0.25) is 0 Å². The minimum absolute atomic E-state index is 0.202. The highest BCUT2D eigenvalue weighted by molar-refractivity contribution is 9.10. The number of ether oxygens (including phenoxy) is 1. The van der Waals surface area contributed by atoms with Crippen LogP contribution in [0.15, 0.2) is 28.7 Å². The number of carboxylic acids is 1. The topological polar surface area (TPSA) is 75.6 Å². The van der Waals surface area contributed by atoms with E-state index in [1.165, 1.54) is 0 Å². The molecule has 0 bridgehead atoms. The van der Waals surface area contributed by atoms with Gasteiger partial charge in [0.15, 0.2) is 6.10 Å². The highest BCUT2D eigenvalue weighted by Gasteiger charge is 2.26. The van der Waals surface area contributed by atoms with Crippen molar-refractivity contribution in [3.63, 3.8) is 0 Å². The number of halogens is 1. The molecule has 1 aromatic rings. The predicted octanol–water partition coefficient (Wildman–Crippen LogP) is 2.44. The summed E-state index contributed by atoms with van der Waals surface area (Å²) in [6.45, 7) is 5.05. The van der Waals surface area contributed by atoms with Gasteiger partial charge in [-0.3, -0.25) is 4.79 Å². The van der Waals surface area contributed by atoms with E-state index in [1.54, 1.807) is 39.0 Å². The van der Waals surface area contributed by atoms with Crippen molar-refractivity contribution in [2.75, 3.05) is 0 Å². The summed E-state index contributed by atoms with van der Waals surface area (Å²) in [5.74, 6) is -1.18. The van der Waals surface area contributed by atoms with E-state index < -0.39 is 24.0 Å². The van der Waals surface area contributed by atoms with E-state index >= 15 is 0 Å². The van der Waals surface area contributed by atoms with Crippen LogP contribution in [0.1, 0.15) is 20.8 Å². The van der Waals surface area contributed by atoms with Crippen LogP contribution in [-0.4, -0.2) is 29.1 Å². The molecule has 1 unspecified atom stereocenters. The van der Waals surface area contributed by atoms with Gasteiger partial charge in [0.1, 0.15) is 11.8 Å². The van der Waals surface area contributed by atoms with E-state index in [4.69, 9.17) is 9.84 Å². The minimum atomic E-state index is -1.05. The van der Waals surface area contributed by atoms with Crippen molar-refractivity contribution in [2.45, 2.75) is 32.9 Å². The molecule has 0 aliphatic rings. The second kappa shape index (κ2) is 7.28. The van der Waals surface area contributed by atoms with Crippen LogP contribution in [0.25, 0.3) is 0 Å². The van der Waals surface area contributed by atoms with Crippen molar-refractivity contribution in [2.24, 2.45) is 5.92 Å². The minimum Gasteiger partial charge on any atom is -0.480 e. The van der Waals surface area contributed by atoms with Gasteiger partial charge >= 0.3 is 5.97 Å². The molecule has 0 aromatic heterocycles. The van der Waals surface area contributed by atoms with Gasteiger partial charge in [-0.1, -0.05) is 26.0 Å². The molecule has 0 aliphatic carbocycles. The molecule has 110 valence electrons. The molecule has 1 aromatic carbocycles.